The number of piperazine rings is 1. The summed E-state index contributed by atoms with van der Waals surface area (Å²) in [6.45, 7) is 6.56. The number of rotatable bonds is 2. The second-order valence-electron chi connectivity index (χ2n) is 4.93. The van der Waals surface area contributed by atoms with E-state index in [4.69, 9.17) is 0 Å². The van der Waals surface area contributed by atoms with Crippen LogP contribution in [0.4, 0.5) is 13.2 Å². The summed E-state index contributed by atoms with van der Waals surface area (Å²) in [6, 6.07) is 3.53. The maximum absolute atomic E-state index is 12.5. The molecule has 0 amide bonds. The van der Waals surface area contributed by atoms with Crippen LogP contribution in [0.25, 0.3) is 0 Å². The molecule has 0 aliphatic carbocycles. The second kappa shape index (κ2) is 5.19. The highest BCUT2D eigenvalue weighted by Gasteiger charge is 2.32. The molecule has 0 spiro atoms. The van der Waals surface area contributed by atoms with Crippen LogP contribution in [-0.2, 0) is 12.7 Å². The first kappa shape index (κ1) is 13.8. The van der Waals surface area contributed by atoms with Gasteiger partial charge in [-0.15, -0.1) is 11.3 Å². The van der Waals surface area contributed by atoms with Crippen molar-refractivity contribution in [2.75, 3.05) is 13.1 Å². The lowest BCUT2D eigenvalue weighted by Gasteiger charge is -2.35. The smallest absolute Gasteiger partial charge is 0.309 e. The van der Waals surface area contributed by atoms with Crippen LogP contribution in [-0.4, -0.2) is 30.1 Å². The lowest BCUT2D eigenvalue weighted by molar-refractivity contribution is -0.134. The van der Waals surface area contributed by atoms with Gasteiger partial charge in [0.2, 0.25) is 0 Å². The third kappa shape index (κ3) is 3.46. The predicted molar refractivity (Wildman–Crippen MR) is 66.7 cm³/mol. The number of nitrogens with zero attached hydrogens (tertiary/aromatic N) is 1. The van der Waals surface area contributed by atoms with Gasteiger partial charge in [-0.05, 0) is 26.0 Å². The van der Waals surface area contributed by atoms with Crippen molar-refractivity contribution in [1.82, 2.24) is 10.2 Å². The van der Waals surface area contributed by atoms with Gasteiger partial charge in [-0.2, -0.15) is 13.2 Å². The van der Waals surface area contributed by atoms with Crippen LogP contribution >= 0.6 is 11.3 Å². The quantitative estimate of drug-likeness (QED) is 0.895. The largest absolute Gasteiger partial charge is 0.425 e. The summed E-state index contributed by atoms with van der Waals surface area (Å²) in [5.41, 5.74) is 0. The predicted octanol–water partition coefficient (Wildman–Crippen LogP) is 2.95. The van der Waals surface area contributed by atoms with Gasteiger partial charge in [0.05, 0.1) is 0 Å². The lowest BCUT2D eigenvalue weighted by Crippen LogP contribution is -2.53. The third-order valence-electron chi connectivity index (χ3n) is 2.95. The van der Waals surface area contributed by atoms with Gasteiger partial charge in [-0.1, -0.05) is 0 Å². The number of halogens is 3. The van der Waals surface area contributed by atoms with Crippen LogP contribution in [0, 0.1) is 0 Å². The fourth-order valence-corrected chi connectivity index (χ4v) is 3.32. The molecule has 2 atom stereocenters. The molecule has 1 fully saturated rings. The molecule has 0 bridgehead atoms. The van der Waals surface area contributed by atoms with Crippen LogP contribution < -0.4 is 5.32 Å². The maximum atomic E-state index is 12.5. The molecule has 0 radical (unpaired) electrons. The topological polar surface area (TPSA) is 15.3 Å². The van der Waals surface area contributed by atoms with Gasteiger partial charge in [0.25, 0.3) is 0 Å². The van der Waals surface area contributed by atoms with Gasteiger partial charge in [0.15, 0.2) is 0 Å². The summed E-state index contributed by atoms with van der Waals surface area (Å²) in [7, 11) is 0. The van der Waals surface area contributed by atoms with Crippen molar-refractivity contribution in [3.05, 3.63) is 21.9 Å². The van der Waals surface area contributed by atoms with E-state index in [1.165, 1.54) is 6.07 Å². The molecule has 102 valence electrons. The Morgan fingerprint density at radius 3 is 2.39 bits per heavy atom. The Kier molecular flexibility index (Phi) is 3.99. The minimum absolute atomic E-state index is 0.385. The zero-order valence-corrected chi connectivity index (χ0v) is 11.2. The monoisotopic (exact) mass is 278 g/mol. The first-order valence-corrected chi connectivity index (χ1v) is 6.80. The van der Waals surface area contributed by atoms with Crippen molar-refractivity contribution in [2.45, 2.75) is 38.7 Å². The van der Waals surface area contributed by atoms with Crippen molar-refractivity contribution in [1.29, 1.82) is 0 Å². The lowest BCUT2D eigenvalue weighted by atomic mass is 10.1. The van der Waals surface area contributed by atoms with E-state index in [2.05, 4.69) is 24.1 Å². The minimum atomic E-state index is -4.22. The second-order valence-corrected chi connectivity index (χ2v) is 6.09. The van der Waals surface area contributed by atoms with E-state index in [-0.39, 0.29) is 0 Å². The van der Waals surface area contributed by atoms with Crippen molar-refractivity contribution in [3.63, 3.8) is 0 Å². The highest BCUT2D eigenvalue weighted by atomic mass is 32.1. The van der Waals surface area contributed by atoms with Crippen molar-refractivity contribution in [2.24, 2.45) is 0 Å². The number of alkyl halides is 3. The van der Waals surface area contributed by atoms with E-state index in [0.717, 1.165) is 29.3 Å². The van der Waals surface area contributed by atoms with Gasteiger partial charge in [0, 0.05) is 36.6 Å². The molecule has 1 N–H and O–H groups in total. The molecule has 2 heterocycles. The third-order valence-corrected chi connectivity index (χ3v) is 4.07. The highest BCUT2D eigenvalue weighted by Crippen LogP contribution is 2.35. The summed E-state index contributed by atoms with van der Waals surface area (Å²) in [4.78, 5) is 2.48. The molecule has 1 aliphatic heterocycles. The van der Waals surface area contributed by atoms with E-state index in [0.29, 0.717) is 18.6 Å². The molecule has 1 saturated heterocycles. The Morgan fingerprint density at radius 2 is 1.89 bits per heavy atom. The number of thiophene rings is 1. The minimum Gasteiger partial charge on any atom is -0.309 e. The van der Waals surface area contributed by atoms with Crippen molar-refractivity contribution in [3.8, 4) is 0 Å². The van der Waals surface area contributed by atoms with Gasteiger partial charge in [-0.3, -0.25) is 4.90 Å². The molecule has 2 nitrogen and oxygen atoms in total. The van der Waals surface area contributed by atoms with Crippen molar-refractivity contribution >= 4 is 11.3 Å². The van der Waals surface area contributed by atoms with Crippen LogP contribution in [0.1, 0.15) is 23.6 Å². The Hall–Kier alpha value is -0.590. The molecular formula is C12H17F3N2S. The molecule has 18 heavy (non-hydrogen) atoms. The van der Waals surface area contributed by atoms with E-state index in [9.17, 15) is 13.2 Å². The zero-order valence-electron chi connectivity index (χ0n) is 10.4. The number of hydrogen-bond acceptors (Lipinski definition) is 3. The molecule has 2 rings (SSSR count). The Balaban J connectivity index is 1.99. The molecule has 1 aromatic rings. The molecule has 6 heteroatoms. The van der Waals surface area contributed by atoms with Crippen molar-refractivity contribution < 1.29 is 13.2 Å². The maximum Gasteiger partial charge on any atom is 0.425 e. The summed E-state index contributed by atoms with van der Waals surface area (Å²) < 4.78 is 37.5. The molecule has 0 aromatic carbocycles. The summed E-state index contributed by atoms with van der Waals surface area (Å²) in [5.74, 6) is 0. The molecule has 2 unspecified atom stereocenters. The average molecular weight is 278 g/mol. The van der Waals surface area contributed by atoms with Crippen LogP contribution in [0.15, 0.2) is 12.1 Å². The molecular weight excluding hydrogens is 261 g/mol. The fourth-order valence-electron chi connectivity index (χ4n) is 2.40. The summed E-state index contributed by atoms with van der Waals surface area (Å²) in [6.07, 6.45) is -4.22. The van der Waals surface area contributed by atoms with E-state index in [1.807, 2.05) is 0 Å². The Morgan fingerprint density at radius 1 is 1.28 bits per heavy atom. The van der Waals surface area contributed by atoms with E-state index < -0.39 is 11.1 Å². The standard InChI is InChI=1S/C12H17F3N2S/c1-8-5-17(6-9(2)16-8)7-10-3-4-11(18-10)12(13,14)15/h3-4,8-9,16H,5-7H2,1-2H3. The zero-order chi connectivity index (χ0) is 13.3. The van der Waals surface area contributed by atoms with E-state index >= 15 is 0 Å². The SMILES string of the molecule is CC1CN(Cc2ccc(C(F)(F)F)s2)CC(C)N1. The van der Waals surface area contributed by atoms with Gasteiger partial charge >= 0.3 is 6.18 Å². The number of hydrogen-bond donors (Lipinski definition) is 1. The number of nitrogens with one attached hydrogen (secondary N) is 1. The van der Waals surface area contributed by atoms with Gasteiger partial charge < -0.3 is 5.32 Å². The fraction of sp³-hybridized carbons (Fsp3) is 0.667. The van der Waals surface area contributed by atoms with Gasteiger partial charge in [0.1, 0.15) is 4.88 Å². The van der Waals surface area contributed by atoms with Gasteiger partial charge in [-0.25, -0.2) is 0 Å². The Labute approximate surface area is 109 Å². The summed E-state index contributed by atoms with van der Waals surface area (Å²) >= 11 is 0.849. The highest BCUT2D eigenvalue weighted by molar-refractivity contribution is 7.12. The Bertz CT molecular complexity index is 392. The van der Waals surface area contributed by atoms with E-state index in [1.54, 1.807) is 6.07 Å². The average Bonchev–Trinajstić information content (AvgIpc) is 2.63. The molecule has 1 aliphatic rings. The van der Waals surface area contributed by atoms with Crippen LogP contribution in [0.2, 0.25) is 0 Å². The molecule has 0 saturated carbocycles. The normalized spacial score (nSPS) is 26.5. The van der Waals surface area contributed by atoms with Crippen LogP contribution in [0.5, 0.6) is 0 Å². The molecule has 1 aromatic heterocycles. The van der Waals surface area contributed by atoms with Crippen LogP contribution in [0.3, 0.4) is 0 Å². The first-order valence-electron chi connectivity index (χ1n) is 5.99. The first-order chi connectivity index (χ1) is 8.34. The summed E-state index contributed by atoms with van der Waals surface area (Å²) in [5, 5.41) is 3.41.